The van der Waals surface area contributed by atoms with Gasteiger partial charge in [0.05, 0.1) is 40.9 Å². The van der Waals surface area contributed by atoms with Crippen molar-refractivity contribution < 1.29 is 18.7 Å². The molecule has 1 fully saturated rings. The maximum Gasteiger partial charge on any atom is 0.291 e. The summed E-state index contributed by atoms with van der Waals surface area (Å²) >= 11 is 13.9. The maximum atomic E-state index is 13.5. The molecule has 10 nitrogen and oxygen atoms in total. The fraction of sp³-hybridized carbons (Fsp3) is 0.371. The first kappa shape index (κ1) is 33.9. The summed E-state index contributed by atoms with van der Waals surface area (Å²) < 4.78 is 20.2. The number of nitrogens with one attached hydrogen (secondary N) is 3. The van der Waals surface area contributed by atoms with Crippen LogP contribution in [0.5, 0.6) is 5.75 Å². The van der Waals surface area contributed by atoms with Crippen LogP contribution in [0.4, 0.5) is 10.1 Å². The van der Waals surface area contributed by atoms with Crippen molar-refractivity contribution in [3.63, 3.8) is 0 Å². The average molecular weight is 695 g/mol. The fourth-order valence-corrected chi connectivity index (χ4v) is 6.97. The number of rotatable bonds is 12. The first-order valence-corrected chi connectivity index (χ1v) is 16.8. The molecular formula is C35H38Cl2FN7O3. The zero-order valence-electron chi connectivity index (χ0n) is 26.9. The number of pyridine rings is 1. The second-order valence-electron chi connectivity index (χ2n) is 12.1. The van der Waals surface area contributed by atoms with Gasteiger partial charge in [0.2, 0.25) is 5.91 Å². The van der Waals surface area contributed by atoms with Gasteiger partial charge in [0.25, 0.3) is 5.91 Å². The van der Waals surface area contributed by atoms with Gasteiger partial charge >= 0.3 is 0 Å². The van der Waals surface area contributed by atoms with Gasteiger partial charge in [-0.1, -0.05) is 47.5 Å². The number of imidazole rings is 1. The molecule has 0 saturated carbocycles. The molecule has 0 radical (unpaired) electrons. The summed E-state index contributed by atoms with van der Waals surface area (Å²) in [6.07, 6.45) is 4.29. The highest BCUT2D eigenvalue weighted by atomic mass is 35.5. The van der Waals surface area contributed by atoms with Crippen LogP contribution in [-0.2, 0) is 31.4 Å². The first-order chi connectivity index (χ1) is 23.3. The third-order valence-corrected chi connectivity index (χ3v) is 9.71. The van der Waals surface area contributed by atoms with Crippen molar-refractivity contribution in [2.45, 2.75) is 44.8 Å². The van der Waals surface area contributed by atoms with Crippen LogP contribution in [0.1, 0.15) is 46.8 Å². The number of hydrogen-bond acceptors (Lipinski definition) is 7. The molecule has 2 aromatic carbocycles. The van der Waals surface area contributed by atoms with Gasteiger partial charge in [0.15, 0.2) is 5.82 Å². The first-order valence-electron chi connectivity index (χ1n) is 16.0. The van der Waals surface area contributed by atoms with Crippen LogP contribution in [0.2, 0.25) is 10.0 Å². The van der Waals surface area contributed by atoms with Crippen molar-refractivity contribution in [1.82, 2.24) is 30.1 Å². The molecule has 48 heavy (non-hydrogen) atoms. The Morgan fingerprint density at radius 2 is 1.98 bits per heavy atom. The largest absolute Gasteiger partial charge is 0.496 e. The number of alkyl halides is 1. The Hall–Kier alpha value is -4.03. The normalized spacial score (nSPS) is 16.1. The summed E-state index contributed by atoms with van der Waals surface area (Å²) in [7, 11) is 3.46. The van der Waals surface area contributed by atoms with E-state index in [-0.39, 0.29) is 30.4 Å². The number of methoxy groups -OCH3 is 1. The Labute approximate surface area is 289 Å². The number of amides is 2. The smallest absolute Gasteiger partial charge is 0.291 e. The van der Waals surface area contributed by atoms with Gasteiger partial charge in [0.1, 0.15) is 5.75 Å². The van der Waals surface area contributed by atoms with E-state index in [1.165, 1.54) is 0 Å². The van der Waals surface area contributed by atoms with E-state index in [1.54, 1.807) is 31.5 Å². The average Bonchev–Trinajstić information content (AvgIpc) is 3.66. The molecule has 2 aliphatic rings. The van der Waals surface area contributed by atoms with E-state index in [2.05, 4.69) is 30.8 Å². The van der Waals surface area contributed by atoms with E-state index >= 15 is 0 Å². The molecule has 4 heterocycles. The van der Waals surface area contributed by atoms with Crippen molar-refractivity contribution in [2.75, 3.05) is 38.7 Å². The maximum absolute atomic E-state index is 13.5. The summed E-state index contributed by atoms with van der Waals surface area (Å²) in [5, 5.41) is 10.0. The van der Waals surface area contributed by atoms with Gasteiger partial charge in [-0.3, -0.25) is 23.9 Å². The van der Waals surface area contributed by atoms with Gasteiger partial charge in [-0.15, -0.1) is 0 Å². The zero-order chi connectivity index (χ0) is 33.8. The lowest BCUT2D eigenvalue weighted by atomic mass is 10.0. The molecule has 6 rings (SSSR count). The molecule has 4 aromatic rings. The summed E-state index contributed by atoms with van der Waals surface area (Å²) in [5.41, 5.74) is 5.86. The van der Waals surface area contributed by atoms with Crippen LogP contribution in [0, 0.1) is 0 Å². The van der Waals surface area contributed by atoms with Crippen LogP contribution >= 0.6 is 23.2 Å². The molecule has 0 spiro atoms. The molecule has 1 unspecified atom stereocenters. The molecule has 2 aliphatic heterocycles. The highest BCUT2D eigenvalue weighted by molar-refractivity contribution is 6.39. The molecular weight excluding hydrogens is 656 g/mol. The minimum atomic E-state index is -0.377. The number of hydrogen-bond donors (Lipinski definition) is 3. The zero-order valence-corrected chi connectivity index (χ0v) is 28.4. The van der Waals surface area contributed by atoms with Crippen molar-refractivity contribution in [3.8, 4) is 28.1 Å². The fourth-order valence-electron chi connectivity index (χ4n) is 6.38. The van der Waals surface area contributed by atoms with Gasteiger partial charge in [-0.2, -0.15) is 0 Å². The van der Waals surface area contributed by atoms with E-state index in [1.807, 2.05) is 35.9 Å². The molecule has 252 valence electrons. The van der Waals surface area contributed by atoms with Crippen LogP contribution in [0.25, 0.3) is 22.4 Å². The quantitative estimate of drug-likeness (QED) is 0.172. The van der Waals surface area contributed by atoms with E-state index in [9.17, 15) is 14.0 Å². The number of fused-ring (bicyclic) bond motifs is 1. The molecule has 1 saturated heterocycles. The topological polar surface area (TPSA) is 113 Å². The number of benzene rings is 2. The predicted octanol–water partition coefficient (Wildman–Crippen LogP) is 5.80. The SMILES string of the molecule is COc1cc(-c2nccc(-c3cccc(NC(=O)c4nc5c(n4C)CCN(CCCF)C5)c3Cl)c2Cl)ccc1CNCC1CCC(=O)N1. The van der Waals surface area contributed by atoms with Crippen LogP contribution in [0.3, 0.4) is 0 Å². The van der Waals surface area contributed by atoms with Crippen LogP contribution in [0.15, 0.2) is 48.7 Å². The lowest BCUT2D eigenvalue weighted by Crippen LogP contribution is -2.35. The Morgan fingerprint density at radius 1 is 1.15 bits per heavy atom. The van der Waals surface area contributed by atoms with E-state index in [4.69, 9.17) is 27.9 Å². The molecule has 2 aromatic heterocycles. The highest BCUT2D eigenvalue weighted by Crippen LogP contribution is 2.41. The van der Waals surface area contributed by atoms with Crippen molar-refractivity contribution in [1.29, 1.82) is 0 Å². The summed E-state index contributed by atoms with van der Waals surface area (Å²) in [6, 6.07) is 13.1. The highest BCUT2D eigenvalue weighted by Gasteiger charge is 2.26. The number of carbonyl (C=O) groups is 2. The second kappa shape index (κ2) is 15.0. The Bertz CT molecular complexity index is 1830. The molecule has 3 N–H and O–H groups in total. The number of nitrogens with zero attached hydrogens (tertiary/aromatic N) is 4. The third kappa shape index (κ3) is 7.19. The number of aromatic nitrogens is 3. The van der Waals surface area contributed by atoms with Crippen molar-refractivity contribution >= 4 is 40.7 Å². The molecule has 1 atom stereocenters. The second-order valence-corrected chi connectivity index (χ2v) is 12.8. The number of ether oxygens (including phenoxy) is 1. The monoisotopic (exact) mass is 693 g/mol. The van der Waals surface area contributed by atoms with Crippen molar-refractivity contribution in [2.24, 2.45) is 7.05 Å². The molecule has 0 aliphatic carbocycles. The van der Waals surface area contributed by atoms with E-state index < -0.39 is 0 Å². The minimum absolute atomic E-state index is 0.0936. The molecule has 13 heteroatoms. The summed E-state index contributed by atoms with van der Waals surface area (Å²) in [5.74, 6) is 0.689. The van der Waals surface area contributed by atoms with E-state index in [0.717, 1.165) is 41.9 Å². The van der Waals surface area contributed by atoms with Crippen molar-refractivity contribution in [3.05, 3.63) is 81.5 Å². The number of halogens is 3. The lowest BCUT2D eigenvalue weighted by Gasteiger charge is -2.26. The lowest BCUT2D eigenvalue weighted by molar-refractivity contribution is -0.119. The number of carbonyl (C=O) groups excluding carboxylic acids is 2. The molecule has 0 bridgehead atoms. The molecule has 2 amide bonds. The minimum Gasteiger partial charge on any atom is -0.496 e. The predicted molar refractivity (Wildman–Crippen MR) is 185 cm³/mol. The van der Waals surface area contributed by atoms with Gasteiger partial charge in [-0.25, -0.2) is 4.98 Å². The standard InChI is InChI=1S/C35H38Cl2FN7O3/c1-44-28-12-16-45(15-4-13-38)20-27(28)42-34(44)35(47)43-26-6-3-5-24(31(26)36)25-11-14-40-33(32(25)37)21-7-8-22(29(17-21)48-2)18-39-19-23-9-10-30(46)41-23/h3,5-8,11,14,17,23,39H,4,9-10,12-13,15-16,18-20H2,1-2H3,(H,41,46)(H,43,47). The third-order valence-electron chi connectivity index (χ3n) is 8.92. The van der Waals surface area contributed by atoms with E-state index in [0.29, 0.717) is 77.3 Å². The Kier molecular flexibility index (Phi) is 10.6. The van der Waals surface area contributed by atoms with Crippen LogP contribution in [-0.4, -0.2) is 70.7 Å². The summed E-state index contributed by atoms with van der Waals surface area (Å²) in [4.78, 5) is 36.3. The van der Waals surface area contributed by atoms with Gasteiger partial charge in [-0.05, 0) is 31.0 Å². The summed E-state index contributed by atoms with van der Waals surface area (Å²) in [6.45, 7) is 2.95. The van der Waals surface area contributed by atoms with Gasteiger partial charge in [0, 0.05) is 92.8 Å². The van der Waals surface area contributed by atoms with Crippen LogP contribution < -0.4 is 20.7 Å². The van der Waals surface area contributed by atoms with Gasteiger partial charge < -0.3 is 25.3 Å². The Morgan fingerprint density at radius 3 is 2.75 bits per heavy atom. The Balaban J connectivity index is 1.19. The number of anilines is 1.